The summed E-state index contributed by atoms with van der Waals surface area (Å²) in [5, 5.41) is 5.61. The first-order valence-corrected chi connectivity index (χ1v) is 10.6. The molecule has 5 rings (SSSR count). The van der Waals surface area contributed by atoms with Crippen LogP contribution in [0, 0.1) is 11.7 Å². The highest BCUT2D eigenvalue weighted by Gasteiger charge is 2.23. The SMILES string of the molecule is O=c1c2cn(CC3CC3)nc2nc(SCc2cccc(F)c2)n1-c1ccccc1. The number of benzene rings is 2. The maximum absolute atomic E-state index is 13.5. The van der Waals surface area contributed by atoms with Crippen molar-refractivity contribution >= 4 is 22.8 Å². The first-order valence-electron chi connectivity index (χ1n) is 9.60. The van der Waals surface area contributed by atoms with Gasteiger partial charge in [0.25, 0.3) is 5.56 Å². The first-order chi connectivity index (χ1) is 14.2. The number of nitrogens with zero attached hydrogens (tertiary/aromatic N) is 4. The van der Waals surface area contributed by atoms with E-state index >= 15 is 0 Å². The van der Waals surface area contributed by atoms with Gasteiger partial charge in [0.15, 0.2) is 10.8 Å². The minimum absolute atomic E-state index is 0.134. The van der Waals surface area contributed by atoms with E-state index in [-0.39, 0.29) is 11.4 Å². The standard InChI is InChI=1S/C22H19FN4OS/c23-17-6-4-5-16(11-17)14-29-22-24-20-19(13-26(25-20)12-15-9-10-15)21(28)27(22)18-7-2-1-3-8-18/h1-8,11,13,15H,9-10,12,14H2. The van der Waals surface area contributed by atoms with E-state index in [1.807, 2.05) is 47.3 Å². The zero-order valence-electron chi connectivity index (χ0n) is 15.7. The van der Waals surface area contributed by atoms with Crippen LogP contribution in [0.3, 0.4) is 0 Å². The molecule has 7 heteroatoms. The van der Waals surface area contributed by atoms with Crippen LogP contribution in [0.15, 0.2) is 70.7 Å². The Labute approximate surface area is 171 Å². The Balaban J connectivity index is 1.58. The molecule has 2 heterocycles. The Morgan fingerprint density at radius 1 is 1.10 bits per heavy atom. The lowest BCUT2D eigenvalue weighted by atomic mass is 10.2. The van der Waals surface area contributed by atoms with Crippen molar-refractivity contribution in [1.29, 1.82) is 0 Å². The van der Waals surface area contributed by atoms with Crippen LogP contribution in [0.4, 0.5) is 4.39 Å². The van der Waals surface area contributed by atoms with E-state index in [1.54, 1.807) is 10.6 Å². The average Bonchev–Trinajstić information content (AvgIpc) is 3.44. The van der Waals surface area contributed by atoms with Gasteiger partial charge in [0.05, 0.1) is 5.69 Å². The van der Waals surface area contributed by atoms with Gasteiger partial charge in [-0.1, -0.05) is 42.1 Å². The van der Waals surface area contributed by atoms with E-state index in [0.29, 0.717) is 27.9 Å². The zero-order chi connectivity index (χ0) is 19.8. The largest absolute Gasteiger partial charge is 0.269 e. The third kappa shape index (κ3) is 3.82. The highest BCUT2D eigenvalue weighted by molar-refractivity contribution is 7.98. The second-order valence-corrected chi connectivity index (χ2v) is 8.26. The summed E-state index contributed by atoms with van der Waals surface area (Å²) in [6, 6.07) is 15.9. The van der Waals surface area contributed by atoms with Crippen molar-refractivity contribution in [3.05, 3.63) is 82.5 Å². The molecule has 0 bridgehead atoms. The van der Waals surface area contributed by atoms with E-state index in [2.05, 4.69) is 5.10 Å². The van der Waals surface area contributed by atoms with Crippen LogP contribution >= 0.6 is 11.8 Å². The van der Waals surface area contributed by atoms with Crippen LogP contribution in [-0.4, -0.2) is 19.3 Å². The topological polar surface area (TPSA) is 52.7 Å². The molecule has 1 fully saturated rings. The van der Waals surface area contributed by atoms with E-state index in [4.69, 9.17) is 4.98 Å². The second kappa shape index (κ2) is 7.48. The molecule has 0 aliphatic heterocycles. The van der Waals surface area contributed by atoms with Gasteiger partial charge in [0.1, 0.15) is 11.2 Å². The average molecular weight is 406 g/mol. The Morgan fingerprint density at radius 2 is 1.93 bits per heavy atom. The molecule has 146 valence electrons. The van der Waals surface area contributed by atoms with Crippen LogP contribution in [-0.2, 0) is 12.3 Å². The first kappa shape index (κ1) is 18.1. The number of aromatic nitrogens is 4. The smallest absolute Gasteiger partial charge is 0.269 e. The molecule has 4 aromatic rings. The fraction of sp³-hybridized carbons (Fsp3) is 0.227. The van der Waals surface area contributed by atoms with Gasteiger partial charge >= 0.3 is 0 Å². The predicted molar refractivity (Wildman–Crippen MR) is 112 cm³/mol. The summed E-state index contributed by atoms with van der Waals surface area (Å²) in [5.74, 6) is 0.888. The fourth-order valence-electron chi connectivity index (χ4n) is 3.33. The molecule has 5 nitrogen and oxygen atoms in total. The summed E-state index contributed by atoms with van der Waals surface area (Å²) < 4.78 is 17.0. The molecule has 0 radical (unpaired) electrons. The third-order valence-corrected chi connectivity index (χ3v) is 5.99. The summed E-state index contributed by atoms with van der Waals surface area (Å²) in [7, 11) is 0. The van der Waals surface area contributed by atoms with Crippen molar-refractivity contribution in [2.75, 3.05) is 0 Å². The van der Waals surface area contributed by atoms with E-state index in [9.17, 15) is 9.18 Å². The molecule has 1 saturated carbocycles. The molecular weight excluding hydrogens is 387 g/mol. The summed E-state index contributed by atoms with van der Waals surface area (Å²) >= 11 is 1.40. The molecule has 0 atom stereocenters. The van der Waals surface area contributed by atoms with Crippen molar-refractivity contribution in [2.24, 2.45) is 5.92 Å². The molecule has 0 spiro atoms. The normalized spacial score (nSPS) is 13.8. The number of halogens is 1. The minimum Gasteiger partial charge on any atom is -0.269 e. The Bertz CT molecular complexity index is 1230. The number of hydrogen-bond donors (Lipinski definition) is 0. The van der Waals surface area contributed by atoms with Crippen LogP contribution in [0.1, 0.15) is 18.4 Å². The van der Waals surface area contributed by atoms with Crippen molar-refractivity contribution < 1.29 is 4.39 Å². The summed E-state index contributed by atoms with van der Waals surface area (Å²) in [4.78, 5) is 18.0. The fourth-order valence-corrected chi connectivity index (χ4v) is 4.27. The van der Waals surface area contributed by atoms with Crippen LogP contribution in [0.5, 0.6) is 0 Å². The van der Waals surface area contributed by atoms with Gasteiger partial charge in [0.2, 0.25) is 0 Å². The van der Waals surface area contributed by atoms with Gasteiger partial charge in [-0.05, 0) is 48.6 Å². The lowest BCUT2D eigenvalue weighted by molar-refractivity contribution is 0.567. The molecule has 1 aliphatic carbocycles. The molecular formula is C22H19FN4OS. The number of hydrogen-bond acceptors (Lipinski definition) is 4. The highest BCUT2D eigenvalue weighted by atomic mass is 32.2. The summed E-state index contributed by atoms with van der Waals surface area (Å²) in [6.07, 6.45) is 4.24. The second-order valence-electron chi connectivity index (χ2n) is 7.32. The number of para-hydroxylation sites is 1. The molecule has 2 aromatic carbocycles. The van der Waals surface area contributed by atoms with Crippen molar-refractivity contribution in [2.45, 2.75) is 30.3 Å². The number of rotatable bonds is 6. The van der Waals surface area contributed by atoms with Crippen molar-refractivity contribution in [3.8, 4) is 5.69 Å². The Kier molecular flexibility index (Phi) is 4.67. The van der Waals surface area contributed by atoms with E-state index < -0.39 is 0 Å². The van der Waals surface area contributed by atoms with Crippen molar-refractivity contribution in [3.63, 3.8) is 0 Å². The van der Waals surface area contributed by atoms with E-state index in [1.165, 1.54) is 36.7 Å². The van der Waals surface area contributed by atoms with Crippen LogP contribution in [0.2, 0.25) is 0 Å². The molecule has 2 aromatic heterocycles. The number of fused-ring (bicyclic) bond motifs is 1. The van der Waals surface area contributed by atoms with E-state index in [0.717, 1.165) is 17.8 Å². The third-order valence-electron chi connectivity index (χ3n) is 4.98. The maximum atomic E-state index is 13.5. The molecule has 1 aliphatic rings. The molecule has 0 saturated heterocycles. The van der Waals surface area contributed by atoms with Gasteiger partial charge in [-0.15, -0.1) is 0 Å². The number of thioether (sulfide) groups is 1. The van der Waals surface area contributed by atoms with Gasteiger partial charge in [-0.2, -0.15) is 5.10 Å². The van der Waals surface area contributed by atoms with Crippen molar-refractivity contribution in [1.82, 2.24) is 19.3 Å². The molecule has 0 N–H and O–H groups in total. The quantitative estimate of drug-likeness (QED) is 0.351. The molecule has 0 unspecified atom stereocenters. The Morgan fingerprint density at radius 3 is 2.69 bits per heavy atom. The van der Waals surface area contributed by atoms with Crippen LogP contribution in [0.25, 0.3) is 16.7 Å². The van der Waals surface area contributed by atoms with Gasteiger partial charge < -0.3 is 0 Å². The van der Waals surface area contributed by atoms with Crippen LogP contribution < -0.4 is 5.56 Å². The van der Waals surface area contributed by atoms with Gasteiger partial charge in [0, 0.05) is 18.5 Å². The summed E-state index contributed by atoms with van der Waals surface area (Å²) in [6.45, 7) is 0.826. The Hall–Kier alpha value is -2.93. The van der Waals surface area contributed by atoms with Gasteiger partial charge in [-0.25, -0.2) is 9.37 Å². The predicted octanol–water partition coefficient (Wildman–Crippen LogP) is 4.42. The lowest BCUT2D eigenvalue weighted by Crippen LogP contribution is -2.21. The zero-order valence-corrected chi connectivity index (χ0v) is 16.5. The highest BCUT2D eigenvalue weighted by Crippen LogP contribution is 2.31. The lowest BCUT2D eigenvalue weighted by Gasteiger charge is -2.11. The monoisotopic (exact) mass is 406 g/mol. The minimum atomic E-state index is -0.272. The molecule has 29 heavy (non-hydrogen) atoms. The van der Waals surface area contributed by atoms with Gasteiger partial charge in [-0.3, -0.25) is 14.0 Å². The molecule has 0 amide bonds. The maximum Gasteiger partial charge on any atom is 0.269 e. The summed E-state index contributed by atoms with van der Waals surface area (Å²) in [5.41, 5.74) is 1.92.